The third-order valence-corrected chi connectivity index (χ3v) is 5.74. The number of carbonyl (C=O) groups is 1. The molecule has 0 amide bonds. The first-order valence-corrected chi connectivity index (χ1v) is 10.1. The Kier molecular flexibility index (Phi) is 4.45. The summed E-state index contributed by atoms with van der Waals surface area (Å²) < 4.78 is 2.04. The first kappa shape index (κ1) is 18.9. The average Bonchev–Trinajstić information content (AvgIpc) is 3.58. The van der Waals surface area contributed by atoms with Crippen LogP contribution < -0.4 is 5.32 Å². The van der Waals surface area contributed by atoms with Crippen LogP contribution in [0.4, 0.5) is 11.5 Å². The predicted octanol–water partition coefficient (Wildman–Crippen LogP) is 5.43. The fourth-order valence-electron chi connectivity index (χ4n) is 3.98. The second-order valence-electron chi connectivity index (χ2n) is 7.95. The third-order valence-electron chi connectivity index (χ3n) is 5.74. The largest absolute Gasteiger partial charge is 0.478 e. The summed E-state index contributed by atoms with van der Waals surface area (Å²) in [6.45, 7) is 0. The Morgan fingerprint density at radius 2 is 2.06 bits per heavy atom. The highest BCUT2D eigenvalue weighted by Crippen LogP contribution is 2.41. The van der Waals surface area contributed by atoms with Gasteiger partial charge in [0.2, 0.25) is 0 Å². The smallest absolute Gasteiger partial charge is 0.339 e. The van der Waals surface area contributed by atoms with Crippen LogP contribution in [0.15, 0.2) is 60.9 Å². The molecule has 0 saturated heterocycles. The Hall–Kier alpha value is -4.11. The lowest BCUT2D eigenvalue weighted by molar-refractivity contribution is 0.0697. The van der Waals surface area contributed by atoms with Crippen LogP contribution in [0.3, 0.4) is 0 Å². The molecule has 0 unspecified atom stereocenters. The zero-order valence-electron chi connectivity index (χ0n) is 17.0. The average molecular weight is 408 g/mol. The number of nitrogens with zero attached hydrogens (tertiary/aromatic N) is 3. The molecule has 1 saturated carbocycles. The van der Waals surface area contributed by atoms with Gasteiger partial charge in [0.05, 0.1) is 11.6 Å². The molecule has 6 heteroatoms. The van der Waals surface area contributed by atoms with E-state index in [9.17, 15) is 15.2 Å². The molecule has 1 aliphatic carbocycles. The van der Waals surface area contributed by atoms with Gasteiger partial charge in [0.1, 0.15) is 11.4 Å². The molecule has 0 atom stereocenters. The van der Waals surface area contributed by atoms with E-state index < -0.39 is 5.97 Å². The molecule has 0 bridgehead atoms. The predicted molar refractivity (Wildman–Crippen MR) is 120 cm³/mol. The zero-order chi connectivity index (χ0) is 21.5. The number of aromatic nitrogens is 2. The van der Waals surface area contributed by atoms with Gasteiger partial charge in [0.25, 0.3) is 0 Å². The maximum absolute atomic E-state index is 11.8. The summed E-state index contributed by atoms with van der Waals surface area (Å²) in [7, 11) is 1.98. The van der Waals surface area contributed by atoms with E-state index in [0.717, 1.165) is 46.1 Å². The van der Waals surface area contributed by atoms with E-state index in [1.165, 1.54) is 0 Å². The number of rotatable bonds is 5. The number of carboxylic acids is 1. The van der Waals surface area contributed by atoms with Crippen molar-refractivity contribution in [3.8, 4) is 17.2 Å². The van der Waals surface area contributed by atoms with Gasteiger partial charge in [-0.2, -0.15) is 5.26 Å². The Labute approximate surface area is 179 Å². The summed E-state index contributed by atoms with van der Waals surface area (Å²) in [5, 5.41) is 23.1. The first-order valence-electron chi connectivity index (χ1n) is 10.1. The SMILES string of the molecule is Cn1cc(-c2cccc(C#N)c2)c2cc(Nc3ncc(C4CC4)cc3C(=O)O)ccc21. The van der Waals surface area contributed by atoms with Gasteiger partial charge in [0, 0.05) is 41.6 Å². The molecule has 0 radical (unpaired) electrons. The fourth-order valence-corrected chi connectivity index (χ4v) is 3.98. The van der Waals surface area contributed by atoms with Crippen LogP contribution in [0.5, 0.6) is 0 Å². The molecule has 2 aromatic carbocycles. The van der Waals surface area contributed by atoms with Gasteiger partial charge < -0.3 is 15.0 Å². The number of benzene rings is 2. The topological polar surface area (TPSA) is 90.9 Å². The molecule has 2 heterocycles. The molecule has 2 N–H and O–H groups in total. The van der Waals surface area contributed by atoms with E-state index in [-0.39, 0.29) is 5.56 Å². The monoisotopic (exact) mass is 408 g/mol. The fraction of sp³-hybridized carbons (Fsp3) is 0.160. The molecule has 4 aromatic rings. The van der Waals surface area contributed by atoms with Gasteiger partial charge in [-0.25, -0.2) is 9.78 Å². The number of aromatic carboxylic acids is 1. The van der Waals surface area contributed by atoms with Crippen LogP contribution in [-0.2, 0) is 7.05 Å². The molecule has 5 rings (SSSR count). The van der Waals surface area contributed by atoms with Crippen molar-refractivity contribution < 1.29 is 9.90 Å². The number of aryl methyl sites for hydroxylation is 1. The van der Waals surface area contributed by atoms with Crippen LogP contribution in [0.25, 0.3) is 22.0 Å². The molecular weight excluding hydrogens is 388 g/mol. The van der Waals surface area contributed by atoms with Crippen LogP contribution in [-0.4, -0.2) is 20.6 Å². The minimum atomic E-state index is -0.993. The van der Waals surface area contributed by atoms with E-state index in [2.05, 4.69) is 16.4 Å². The highest BCUT2D eigenvalue weighted by Gasteiger charge is 2.26. The summed E-state index contributed by atoms with van der Waals surface area (Å²) >= 11 is 0. The van der Waals surface area contributed by atoms with Crippen molar-refractivity contribution in [3.63, 3.8) is 0 Å². The molecule has 0 spiro atoms. The van der Waals surface area contributed by atoms with E-state index in [1.54, 1.807) is 18.3 Å². The zero-order valence-corrected chi connectivity index (χ0v) is 17.0. The van der Waals surface area contributed by atoms with E-state index in [0.29, 0.717) is 17.3 Å². The Morgan fingerprint density at radius 3 is 2.81 bits per heavy atom. The number of hydrogen-bond acceptors (Lipinski definition) is 4. The van der Waals surface area contributed by atoms with Crippen molar-refractivity contribution in [2.75, 3.05) is 5.32 Å². The highest BCUT2D eigenvalue weighted by atomic mass is 16.4. The van der Waals surface area contributed by atoms with Gasteiger partial charge in [-0.3, -0.25) is 0 Å². The Morgan fingerprint density at radius 1 is 1.23 bits per heavy atom. The van der Waals surface area contributed by atoms with E-state index >= 15 is 0 Å². The maximum atomic E-state index is 11.8. The van der Waals surface area contributed by atoms with E-state index in [1.807, 2.05) is 54.2 Å². The molecule has 0 aliphatic heterocycles. The number of nitrogens with one attached hydrogen (secondary N) is 1. The Balaban J connectivity index is 1.56. The molecule has 2 aromatic heterocycles. The summed E-state index contributed by atoms with van der Waals surface area (Å²) in [5.74, 6) is -0.223. The maximum Gasteiger partial charge on any atom is 0.339 e. The summed E-state index contributed by atoms with van der Waals surface area (Å²) in [6, 6.07) is 17.3. The van der Waals surface area contributed by atoms with Crippen molar-refractivity contribution in [2.45, 2.75) is 18.8 Å². The first-order chi connectivity index (χ1) is 15.0. The van der Waals surface area contributed by atoms with Gasteiger partial charge in [-0.1, -0.05) is 12.1 Å². The lowest BCUT2D eigenvalue weighted by Crippen LogP contribution is -2.06. The second-order valence-corrected chi connectivity index (χ2v) is 7.95. The summed E-state index contributed by atoms with van der Waals surface area (Å²) in [4.78, 5) is 16.2. The number of carboxylic acid groups (broad SMARTS) is 1. The minimum absolute atomic E-state index is 0.180. The highest BCUT2D eigenvalue weighted by molar-refractivity contribution is 5.99. The van der Waals surface area contributed by atoms with Crippen molar-refractivity contribution in [1.82, 2.24) is 9.55 Å². The molecule has 31 heavy (non-hydrogen) atoms. The number of anilines is 2. The molecule has 6 nitrogen and oxygen atoms in total. The quantitative estimate of drug-likeness (QED) is 0.459. The lowest BCUT2D eigenvalue weighted by atomic mass is 10.0. The van der Waals surface area contributed by atoms with Crippen molar-refractivity contribution in [2.24, 2.45) is 7.05 Å². The number of pyridine rings is 1. The number of nitriles is 1. The Bertz CT molecular complexity index is 1380. The molecule has 1 fully saturated rings. The third kappa shape index (κ3) is 3.51. The van der Waals surface area contributed by atoms with Crippen LogP contribution in [0.2, 0.25) is 0 Å². The van der Waals surface area contributed by atoms with Gasteiger partial charge in [0.15, 0.2) is 0 Å². The van der Waals surface area contributed by atoms with Crippen molar-refractivity contribution >= 4 is 28.4 Å². The number of hydrogen-bond donors (Lipinski definition) is 2. The van der Waals surface area contributed by atoms with Crippen molar-refractivity contribution in [3.05, 3.63) is 77.6 Å². The van der Waals surface area contributed by atoms with Gasteiger partial charge >= 0.3 is 5.97 Å². The second kappa shape index (κ2) is 7.29. The minimum Gasteiger partial charge on any atom is -0.478 e. The van der Waals surface area contributed by atoms with Crippen molar-refractivity contribution in [1.29, 1.82) is 5.26 Å². The standard InChI is InChI=1S/C25H20N4O2/c1-29-14-22(17-4-2-3-15(9-17)12-26)20-11-19(7-8-23(20)29)28-24-21(25(30)31)10-18(13-27-24)16-5-6-16/h2-4,7-11,13-14,16H,5-6H2,1H3,(H,27,28)(H,30,31). The molecule has 1 aliphatic rings. The molecular formula is C25H20N4O2. The van der Waals surface area contributed by atoms with Gasteiger partial charge in [-0.05, 0) is 66.3 Å². The summed E-state index contributed by atoms with van der Waals surface area (Å²) in [5.41, 5.74) is 5.54. The summed E-state index contributed by atoms with van der Waals surface area (Å²) in [6.07, 6.45) is 5.99. The molecule has 152 valence electrons. The van der Waals surface area contributed by atoms with Gasteiger partial charge in [-0.15, -0.1) is 0 Å². The van der Waals surface area contributed by atoms with Crippen LogP contribution in [0, 0.1) is 11.3 Å². The lowest BCUT2D eigenvalue weighted by Gasteiger charge is -2.11. The van der Waals surface area contributed by atoms with Crippen LogP contribution in [0.1, 0.15) is 40.2 Å². The van der Waals surface area contributed by atoms with E-state index in [4.69, 9.17) is 0 Å². The van der Waals surface area contributed by atoms with Crippen LogP contribution >= 0.6 is 0 Å². The number of fused-ring (bicyclic) bond motifs is 1. The normalized spacial score (nSPS) is 13.2.